The molecule has 0 aliphatic carbocycles. The van der Waals surface area contributed by atoms with Gasteiger partial charge in [0.1, 0.15) is 11.5 Å². The molecule has 4 rings (SSSR count). The van der Waals surface area contributed by atoms with E-state index in [4.69, 9.17) is 4.42 Å². The van der Waals surface area contributed by atoms with E-state index in [2.05, 4.69) is 9.72 Å². The number of ether oxygens (including phenoxy) is 1. The van der Waals surface area contributed by atoms with Gasteiger partial charge in [-0.1, -0.05) is 12.1 Å². The number of halogens is 6. The number of rotatable bonds is 5. The Hall–Kier alpha value is -3.54. The molecule has 12 heteroatoms. The number of aromatic nitrogens is 1. The molecule has 198 valence electrons. The van der Waals surface area contributed by atoms with Crippen LogP contribution in [0.15, 0.2) is 46.9 Å². The summed E-state index contributed by atoms with van der Waals surface area (Å²) in [5.41, 5.74) is -4.11. The third-order valence-corrected chi connectivity index (χ3v) is 6.44. The second-order valence-corrected chi connectivity index (χ2v) is 8.82. The molecule has 1 aliphatic heterocycles. The summed E-state index contributed by atoms with van der Waals surface area (Å²) < 4.78 is 90.4. The molecular weight excluding hydrogens is 506 g/mol. The first-order valence-electron chi connectivity index (χ1n) is 11.1. The van der Waals surface area contributed by atoms with Gasteiger partial charge in [-0.15, -0.1) is 0 Å². The molecule has 1 aromatic heterocycles. The smallest absolute Gasteiger partial charge is 0.430 e. The second-order valence-electron chi connectivity index (χ2n) is 8.82. The Morgan fingerprint density at radius 1 is 1.11 bits per heavy atom. The molecule has 6 nitrogen and oxygen atoms in total. The maximum Gasteiger partial charge on any atom is 0.430 e. The summed E-state index contributed by atoms with van der Waals surface area (Å²) >= 11 is 0. The molecule has 0 fully saturated rings. The van der Waals surface area contributed by atoms with Gasteiger partial charge in [0.25, 0.3) is 5.60 Å². The van der Waals surface area contributed by atoms with Gasteiger partial charge in [0.2, 0.25) is 5.89 Å². The molecule has 2 heterocycles. The van der Waals surface area contributed by atoms with Crippen LogP contribution in [0, 0.1) is 6.92 Å². The van der Waals surface area contributed by atoms with Crippen LogP contribution in [-0.2, 0) is 23.3 Å². The number of fused-ring (bicyclic) bond motifs is 1. The number of anilines is 1. The number of methoxy groups -OCH3 is 1. The van der Waals surface area contributed by atoms with E-state index in [-0.39, 0.29) is 30.5 Å². The topological polar surface area (TPSA) is 75.8 Å². The molecule has 0 spiro atoms. The Kier molecular flexibility index (Phi) is 6.51. The number of carbonyl (C=O) groups is 1. The minimum absolute atomic E-state index is 0.174. The number of carbonyl (C=O) groups excluding carboxylic acids is 1. The molecular formula is C25H22F6N2O4. The van der Waals surface area contributed by atoms with Crippen molar-refractivity contribution in [2.45, 2.75) is 50.8 Å². The summed E-state index contributed by atoms with van der Waals surface area (Å²) in [6, 6.07) is 8.68. The summed E-state index contributed by atoms with van der Waals surface area (Å²) in [4.78, 5) is 17.9. The highest BCUT2D eigenvalue weighted by Gasteiger charge is 2.71. The van der Waals surface area contributed by atoms with E-state index in [0.29, 0.717) is 34.3 Å². The van der Waals surface area contributed by atoms with Crippen LogP contribution in [0.2, 0.25) is 0 Å². The molecule has 1 N–H and O–H groups in total. The zero-order chi connectivity index (χ0) is 27.3. The fourth-order valence-corrected chi connectivity index (χ4v) is 4.38. The molecule has 0 saturated carbocycles. The monoisotopic (exact) mass is 528 g/mol. The van der Waals surface area contributed by atoms with Crippen LogP contribution in [0.5, 0.6) is 0 Å². The molecule has 3 aromatic rings. The zero-order valence-electron chi connectivity index (χ0n) is 19.9. The molecule has 1 unspecified atom stereocenters. The number of benzene rings is 2. The number of esters is 1. The predicted octanol–water partition coefficient (Wildman–Crippen LogP) is 5.70. The van der Waals surface area contributed by atoms with Gasteiger partial charge in [0.05, 0.1) is 19.2 Å². The van der Waals surface area contributed by atoms with Crippen LogP contribution in [0.4, 0.5) is 32.0 Å². The molecule has 1 aliphatic rings. The SMILES string of the molecule is COC(=O)c1ccc(-c2nc(CN3c4ccc(C(O)(C(F)(F)F)C(F)(F)F)cc4CC3C)c(C)o2)cc1. The van der Waals surface area contributed by atoms with Gasteiger partial charge in [0.15, 0.2) is 0 Å². The van der Waals surface area contributed by atoms with Crippen molar-refractivity contribution in [2.75, 3.05) is 12.0 Å². The van der Waals surface area contributed by atoms with Gasteiger partial charge >= 0.3 is 18.3 Å². The fourth-order valence-electron chi connectivity index (χ4n) is 4.38. The average molecular weight is 528 g/mol. The van der Waals surface area contributed by atoms with Crippen molar-refractivity contribution in [1.29, 1.82) is 0 Å². The van der Waals surface area contributed by atoms with E-state index >= 15 is 0 Å². The van der Waals surface area contributed by atoms with Gasteiger partial charge in [0, 0.05) is 22.9 Å². The average Bonchev–Trinajstić information content (AvgIpc) is 3.35. The van der Waals surface area contributed by atoms with Crippen molar-refractivity contribution in [3.05, 3.63) is 70.6 Å². The van der Waals surface area contributed by atoms with Crippen LogP contribution >= 0.6 is 0 Å². The van der Waals surface area contributed by atoms with Crippen LogP contribution in [-0.4, -0.2) is 41.6 Å². The number of nitrogens with zero attached hydrogens (tertiary/aromatic N) is 2. The lowest BCUT2D eigenvalue weighted by Gasteiger charge is -2.33. The number of aliphatic hydroxyl groups is 1. The Morgan fingerprint density at radius 3 is 2.30 bits per heavy atom. The highest BCUT2D eigenvalue weighted by molar-refractivity contribution is 5.89. The number of hydrogen-bond acceptors (Lipinski definition) is 6. The minimum atomic E-state index is -5.95. The van der Waals surface area contributed by atoms with Gasteiger partial charge in [-0.05, 0) is 56.2 Å². The van der Waals surface area contributed by atoms with Crippen molar-refractivity contribution in [3.63, 3.8) is 0 Å². The van der Waals surface area contributed by atoms with Crippen molar-refractivity contribution in [1.82, 2.24) is 4.98 Å². The standard InChI is InChI=1S/C25H22F6N2O4/c1-13-10-17-11-18(23(35,24(26,27)28)25(29,30)31)8-9-20(17)33(13)12-19-14(2)37-21(32-19)15-4-6-16(7-5-15)22(34)36-3/h4-9,11,13,35H,10,12H2,1-3H3. The second kappa shape index (κ2) is 9.09. The Bertz CT molecular complexity index is 1300. The van der Waals surface area contributed by atoms with Gasteiger partial charge in [-0.3, -0.25) is 0 Å². The molecule has 0 radical (unpaired) electrons. The van der Waals surface area contributed by atoms with Crippen LogP contribution < -0.4 is 4.90 Å². The largest absolute Gasteiger partial charge is 0.465 e. The van der Waals surface area contributed by atoms with E-state index in [1.54, 1.807) is 43.0 Å². The molecule has 0 saturated heterocycles. The molecule has 0 bridgehead atoms. The maximum absolute atomic E-state index is 13.3. The summed E-state index contributed by atoms with van der Waals surface area (Å²) in [5, 5.41) is 9.75. The van der Waals surface area contributed by atoms with Gasteiger partial charge in [-0.2, -0.15) is 26.3 Å². The van der Waals surface area contributed by atoms with Crippen molar-refractivity contribution in [3.8, 4) is 11.5 Å². The van der Waals surface area contributed by atoms with Gasteiger partial charge < -0.3 is 19.2 Å². The minimum Gasteiger partial charge on any atom is -0.465 e. The van der Waals surface area contributed by atoms with Gasteiger partial charge in [-0.25, -0.2) is 9.78 Å². The third kappa shape index (κ3) is 4.54. The summed E-state index contributed by atoms with van der Waals surface area (Å²) in [6.45, 7) is 3.65. The van der Waals surface area contributed by atoms with Crippen LogP contribution in [0.25, 0.3) is 11.5 Å². The lowest BCUT2D eigenvalue weighted by atomic mass is 9.90. The normalized spacial score (nSPS) is 16.2. The quantitative estimate of drug-likeness (QED) is 0.338. The number of alkyl halides is 6. The first kappa shape index (κ1) is 26.5. The Balaban J connectivity index is 1.62. The highest BCUT2D eigenvalue weighted by atomic mass is 19.4. The Labute approximate surface area is 207 Å². The summed E-state index contributed by atoms with van der Waals surface area (Å²) in [5.74, 6) is 0.268. The number of aryl methyl sites for hydroxylation is 1. The van der Waals surface area contributed by atoms with E-state index < -0.39 is 29.5 Å². The summed E-state index contributed by atoms with van der Waals surface area (Å²) in [6.07, 6.45) is -11.7. The van der Waals surface area contributed by atoms with Crippen molar-refractivity contribution >= 4 is 11.7 Å². The van der Waals surface area contributed by atoms with E-state index in [0.717, 1.165) is 12.1 Å². The molecule has 2 aromatic carbocycles. The third-order valence-electron chi connectivity index (χ3n) is 6.44. The zero-order valence-corrected chi connectivity index (χ0v) is 19.9. The predicted molar refractivity (Wildman–Crippen MR) is 120 cm³/mol. The maximum atomic E-state index is 13.3. The van der Waals surface area contributed by atoms with Crippen LogP contribution in [0.3, 0.4) is 0 Å². The number of hydrogen-bond donors (Lipinski definition) is 1. The number of oxazole rings is 1. The van der Waals surface area contributed by atoms with Crippen LogP contribution in [0.1, 0.15) is 39.9 Å². The Morgan fingerprint density at radius 2 is 1.73 bits per heavy atom. The van der Waals surface area contributed by atoms with E-state index in [1.165, 1.54) is 7.11 Å². The lowest BCUT2D eigenvalue weighted by molar-refractivity contribution is -0.376. The first-order valence-corrected chi connectivity index (χ1v) is 11.1. The fraction of sp³-hybridized carbons (Fsp3) is 0.360. The summed E-state index contributed by atoms with van der Waals surface area (Å²) in [7, 11) is 1.27. The molecule has 0 amide bonds. The lowest BCUT2D eigenvalue weighted by Crippen LogP contribution is -2.53. The van der Waals surface area contributed by atoms with Crippen molar-refractivity contribution < 1.29 is 45.4 Å². The van der Waals surface area contributed by atoms with Crippen molar-refractivity contribution in [2.24, 2.45) is 0 Å². The van der Waals surface area contributed by atoms with E-state index in [1.807, 2.05) is 0 Å². The molecule has 1 atom stereocenters. The highest BCUT2D eigenvalue weighted by Crippen LogP contribution is 2.51. The van der Waals surface area contributed by atoms with E-state index in [9.17, 15) is 36.2 Å². The first-order chi connectivity index (χ1) is 17.2. The molecule has 37 heavy (non-hydrogen) atoms.